The van der Waals surface area contributed by atoms with Crippen LogP contribution in [0.15, 0.2) is 29.5 Å². The second-order valence-corrected chi connectivity index (χ2v) is 5.17. The van der Waals surface area contributed by atoms with Crippen LogP contribution >= 0.6 is 11.6 Å². The molecule has 0 spiro atoms. The van der Waals surface area contributed by atoms with E-state index in [2.05, 4.69) is 20.2 Å². The number of ether oxygens (including phenoxy) is 1. The van der Waals surface area contributed by atoms with Gasteiger partial charge in [0.15, 0.2) is 0 Å². The number of hydrazone groups is 1. The minimum Gasteiger partial charge on any atom is -0.460 e. The number of nitrogens with one attached hydrogen (secondary N) is 1. The summed E-state index contributed by atoms with van der Waals surface area (Å²) in [5, 5.41) is 4.26. The quantitative estimate of drug-likeness (QED) is 0.375. The maximum atomic E-state index is 14.0. The van der Waals surface area contributed by atoms with Crippen molar-refractivity contribution in [3.05, 3.63) is 40.8 Å². The van der Waals surface area contributed by atoms with Gasteiger partial charge in [-0.05, 0) is 30.7 Å². The molecule has 0 atom stereocenters. The SMILES string of the molecule is CCOC(=O)/C(N)=N/NC(=O)Cc1cc(F)c2ncc(Cl)cc2c1. The molecule has 1 amide bonds. The van der Waals surface area contributed by atoms with Gasteiger partial charge in [-0.25, -0.2) is 14.6 Å². The Morgan fingerprint density at radius 2 is 2.17 bits per heavy atom. The fourth-order valence-electron chi connectivity index (χ4n) is 1.94. The predicted molar refractivity (Wildman–Crippen MR) is 86.8 cm³/mol. The van der Waals surface area contributed by atoms with E-state index in [1.54, 1.807) is 19.1 Å². The first-order chi connectivity index (χ1) is 11.4. The molecule has 2 aromatic rings. The first kappa shape index (κ1) is 17.6. The Hall–Kier alpha value is -2.74. The van der Waals surface area contributed by atoms with E-state index < -0.39 is 23.5 Å². The highest BCUT2D eigenvalue weighted by molar-refractivity contribution is 6.34. The number of pyridine rings is 1. The molecule has 0 fully saturated rings. The third kappa shape index (κ3) is 4.39. The number of amidine groups is 1. The smallest absolute Gasteiger partial charge is 0.375 e. The van der Waals surface area contributed by atoms with E-state index in [4.69, 9.17) is 17.3 Å². The zero-order valence-corrected chi connectivity index (χ0v) is 13.4. The molecule has 7 nitrogen and oxygen atoms in total. The number of fused-ring (bicyclic) bond motifs is 1. The average molecular weight is 353 g/mol. The molecule has 0 aliphatic carbocycles. The van der Waals surface area contributed by atoms with Crippen molar-refractivity contribution in [1.82, 2.24) is 10.4 Å². The van der Waals surface area contributed by atoms with Gasteiger partial charge in [-0.2, -0.15) is 0 Å². The maximum absolute atomic E-state index is 14.0. The number of nitrogens with two attached hydrogens (primary N) is 1. The van der Waals surface area contributed by atoms with E-state index in [0.29, 0.717) is 16.0 Å². The van der Waals surface area contributed by atoms with E-state index in [1.165, 1.54) is 12.3 Å². The highest BCUT2D eigenvalue weighted by Gasteiger charge is 2.11. The number of rotatable bonds is 4. The molecule has 126 valence electrons. The molecule has 1 aromatic carbocycles. The number of hydrogen-bond acceptors (Lipinski definition) is 5. The number of halogens is 2. The Morgan fingerprint density at radius 3 is 2.88 bits per heavy atom. The Kier molecular flexibility index (Phi) is 5.64. The van der Waals surface area contributed by atoms with Crippen LogP contribution in [0, 0.1) is 5.82 Å². The van der Waals surface area contributed by atoms with Crippen molar-refractivity contribution >= 4 is 40.2 Å². The molecule has 0 saturated heterocycles. The van der Waals surface area contributed by atoms with Crippen molar-refractivity contribution in [3.8, 4) is 0 Å². The van der Waals surface area contributed by atoms with Gasteiger partial charge in [-0.15, -0.1) is 5.10 Å². The zero-order chi connectivity index (χ0) is 17.7. The third-order valence-electron chi connectivity index (χ3n) is 2.91. The van der Waals surface area contributed by atoms with Crippen LogP contribution in [-0.2, 0) is 20.7 Å². The van der Waals surface area contributed by atoms with Crippen molar-refractivity contribution < 1.29 is 18.7 Å². The number of amides is 1. The molecule has 0 unspecified atom stereocenters. The summed E-state index contributed by atoms with van der Waals surface area (Å²) in [7, 11) is 0. The van der Waals surface area contributed by atoms with Gasteiger partial charge in [-0.3, -0.25) is 9.78 Å². The lowest BCUT2D eigenvalue weighted by atomic mass is 10.1. The number of esters is 1. The molecule has 0 bridgehead atoms. The van der Waals surface area contributed by atoms with Crippen LogP contribution in [0.3, 0.4) is 0 Å². The Labute approximate surface area is 141 Å². The van der Waals surface area contributed by atoms with Gasteiger partial charge in [-0.1, -0.05) is 11.6 Å². The van der Waals surface area contributed by atoms with E-state index in [0.717, 1.165) is 0 Å². The Balaban J connectivity index is 2.10. The summed E-state index contributed by atoms with van der Waals surface area (Å²) in [6, 6.07) is 4.34. The Bertz CT molecular complexity index is 826. The summed E-state index contributed by atoms with van der Waals surface area (Å²) in [6.45, 7) is 1.75. The second kappa shape index (κ2) is 7.69. The van der Waals surface area contributed by atoms with Gasteiger partial charge in [0.1, 0.15) is 11.3 Å². The molecule has 24 heavy (non-hydrogen) atoms. The lowest BCUT2D eigenvalue weighted by Crippen LogP contribution is -2.31. The molecule has 0 aliphatic heterocycles. The fraction of sp³-hybridized carbons (Fsp3) is 0.200. The van der Waals surface area contributed by atoms with Crippen molar-refractivity contribution in [2.45, 2.75) is 13.3 Å². The van der Waals surface area contributed by atoms with Gasteiger partial charge in [0.25, 0.3) is 0 Å². The first-order valence-electron chi connectivity index (χ1n) is 6.93. The molecule has 1 heterocycles. The van der Waals surface area contributed by atoms with Crippen LogP contribution in [0.4, 0.5) is 4.39 Å². The number of carbonyl (C=O) groups is 2. The largest absolute Gasteiger partial charge is 0.460 e. The molecular weight excluding hydrogens is 339 g/mol. The Morgan fingerprint density at radius 1 is 1.42 bits per heavy atom. The number of hydrogen-bond donors (Lipinski definition) is 2. The van der Waals surface area contributed by atoms with Crippen molar-refractivity contribution in [2.24, 2.45) is 10.8 Å². The highest BCUT2D eigenvalue weighted by Crippen LogP contribution is 2.21. The van der Waals surface area contributed by atoms with Crippen molar-refractivity contribution in [3.63, 3.8) is 0 Å². The van der Waals surface area contributed by atoms with Crippen LogP contribution in [0.1, 0.15) is 12.5 Å². The minimum absolute atomic E-state index is 0.135. The summed E-state index contributed by atoms with van der Waals surface area (Å²) in [4.78, 5) is 27.0. The third-order valence-corrected chi connectivity index (χ3v) is 3.12. The van der Waals surface area contributed by atoms with E-state index in [-0.39, 0.29) is 18.5 Å². The van der Waals surface area contributed by atoms with Gasteiger partial charge in [0, 0.05) is 11.6 Å². The number of benzene rings is 1. The molecule has 3 N–H and O–H groups in total. The number of aromatic nitrogens is 1. The lowest BCUT2D eigenvalue weighted by molar-refractivity contribution is -0.135. The van der Waals surface area contributed by atoms with Gasteiger partial charge < -0.3 is 10.5 Å². The van der Waals surface area contributed by atoms with E-state index >= 15 is 0 Å². The average Bonchev–Trinajstić information content (AvgIpc) is 2.52. The summed E-state index contributed by atoms with van der Waals surface area (Å²) in [5.41, 5.74) is 8.00. The standard InChI is InChI=1S/C15H14ClFN4O3/c1-2-24-15(23)14(18)21-20-12(22)5-8-3-9-6-10(16)7-19-13(9)11(17)4-8/h3-4,6-7H,2,5H2,1H3,(H2,18,21)(H,20,22). The molecule has 9 heteroatoms. The molecule has 1 aromatic heterocycles. The van der Waals surface area contributed by atoms with Crippen molar-refractivity contribution in [1.29, 1.82) is 0 Å². The van der Waals surface area contributed by atoms with E-state index in [9.17, 15) is 14.0 Å². The summed E-state index contributed by atoms with van der Waals surface area (Å²) >= 11 is 5.83. The normalized spacial score (nSPS) is 11.4. The van der Waals surface area contributed by atoms with Crippen LogP contribution < -0.4 is 11.2 Å². The molecular formula is C15H14ClFN4O3. The second-order valence-electron chi connectivity index (χ2n) is 4.73. The molecule has 0 aliphatic rings. The number of carbonyl (C=O) groups excluding carboxylic acids is 2. The van der Waals surface area contributed by atoms with Crippen LogP contribution in [0.5, 0.6) is 0 Å². The minimum atomic E-state index is -0.838. The van der Waals surface area contributed by atoms with Gasteiger partial charge >= 0.3 is 5.97 Å². The zero-order valence-electron chi connectivity index (χ0n) is 12.7. The molecule has 2 rings (SSSR count). The van der Waals surface area contributed by atoms with Crippen LogP contribution in [0.25, 0.3) is 10.9 Å². The van der Waals surface area contributed by atoms with Crippen molar-refractivity contribution in [2.75, 3.05) is 6.61 Å². The summed E-state index contributed by atoms with van der Waals surface area (Å²) in [6.07, 6.45) is 1.17. The highest BCUT2D eigenvalue weighted by atomic mass is 35.5. The monoisotopic (exact) mass is 352 g/mol. The van der Waals surface area contributed by atoms with Gasteiger partial charge in [0.05, 0.1) is 18.1 Å². The molecule has 0 saturated carbocycles. The number of nitrogens with zero attached hydrogens (tertiary/aromatic N) is 2. The van der Waals surface area contributed by atoms with Gasteiger partial charge in [0.2, 0.25) is 11.7 Å². The maximum Gasteiger partial charge on any atom is 0.375 e. The summed E-state index contributed by atoms with van der Waals surface area (Å²) < 4.78 is 18.6. The lowest BCUT2D eigenvalue weighted by Gasteiger charge is -2.05. The predicted octanol–water partition coefficient (Wildman–Crippen LogP) is 1.52. The van der Waals surface area contributed by atoms with E-state index in [1.807, 2.05) is 0 Å². The fourth-order valence-corrected chi connectivity index (χ4v) is 2.10. The molecule has 0 radical (unpaired) electrons. The topological polar surface area (TPSA) is 107 Å². The first-order valence-corrected chi connectivity index (χ1v) is 7.31. The summed E-state index contributed by atoms with van der Waals surface area (Å²) in [5.74, 6) is -2.46. The van der Waals surface area contributed by atoms with Crippen LogP contribution in [0.2, 0.25) is 5.02 Å². The van der Waals surface area contributed by atoms with Crippen LogP contribution in [-0.4, -0.2) is 29.3 Å².